The fourth-order valence-corrected chi connectivity index (χ4v) is 2.44. The van der Waals surface area contributed by atoms with Gasteiger partial charge in [-0.25, -0.2) is 0 Å². The van der Waals surface area contributed by atoms with E-state index >= 15 is 0 Å². The predicted molar refractivity (Wildman–Crippen MR) is 66.1 cm³/mol. The van der Waals surface area contributed by atoms with Crippen molar-refractivity contribution in [3.05, 3.63) is 0 Å². The molecule has 1 rings (SSSR count). The van der Waals surface area contributed by atoms with E-state index in [0.717, 1.165) is 5.92 Å². The van der Waals surface area contributed by atoms with E-state index in [-0.39, 0.29) is 0 Å². The van der Waals surface area contributed by atoms with E-state index < -0.39 is 0 Å². The Labute approximate surface area is 92.8 Å². The molecular formula is C11H24N2S. The molecular weight excluding hydrogens is 192 g/mol. The number of nitrogens with zero attached hydrogens (tertiary/aromatic N) is 1. The first kappa shape index (κ1) is 12.3. The molecule has 1 aliphatic rings. The summed E-state index contributed by atoms with van der Waals surface area (Å²) in [6.07, 6.45) is 2.76. The Morgan fingerprint density at radius 1 is 1.36 bits per heavy atom. The summed E-state index contributed by atoms with van der Waals surface area (Å²) >= 11 is 2.02. The minimum Gasteiger partial charge on any atom is -0.316 e. The van der Waals surface area contributed by atoms with Gasteiger partial charge in [-0.3, -0.25) is 0 Å². The number of piperidine rings is 1. The monoisotopic (exact) mass is 216 g/mol. The number of hydrogen-bond acceptors (Lipinski definition) is 3. The average molecular weight is 216 g/mol. The van der Waals surface area contributed by atoms with Crippen LogP contribution in [0.2, 0.25) is 0 Å². The van der Waals surface area contributed by atoms with Gasteiger partial charge in [0, 0.05) is 12.3 Å². The van der Waals surface area contributed by atoms with Crippen LogP contribution in [0.1, 0.15) is 19.8 Å². The minimum atomic E-state index is 0.929. The van der Waals surface area contributed by atoms with Crippen molar-refractivity contribution in [3.63, 3.8) is 0 Å². The second-order valence-electron chi connectivity index (χ2n) is 4.15. The molecule has 1 heterocycles. The lowest BCUT2D eigenvalue weighted by Crippen LogP contribution is -2.35. The zero-order valence-corrected chi connectivity index (χ0v) is 10.4. The van der Waals surface area contributed by atoms with Gasteiger partial charge in [0.2, 0.25) is 0 Å². The molecule has 0 aromatic heterocycles. The summed E-state index contributed by atoms with van der Waals surface area (Å²) in [5, 5.41) is 3.57. The Morgan fingerprint density at radius 2 is 2.07 bits per heavy atom. The molecule has 2 nitrogen and oxygen atoms in total. The van der Waals surface area contributed by atoms with E-state index in [1.807, 2.05) is 11.8 Å². The summed E-state index contributed by atoms with van der Waals surface area (Å²) in [6.45, 7) is 7.22. The fraction of sp³-hybridized carbons (Fsp3) is 1.00. The van der Waals surface area contributed by atoms with Crippen molar-refractivity contribution in [2.24, 2.45) is 5.92 Å². The van der Waals surface area contributed by atoms with Gasteiger partial charge in [-0.05, 0) is 51.2 Å². The highest BCUT2D eigenvalue weighted by Crippen LogP contribution is 2.14. The second kappa shape index (κ2) is 7.55. The highest BCUT2D eigenvalue weighted by Gasteiger charge is 2.15. The zero-order chi connectivity index (χ0) is 10.2. The molecule has 0 aromatic carbocycles. The van der Waals surface area contributed by atoms with Gasteiger partial charge in [-0.2, -0.15) is 11.8 Å². The van der Waals surface area contributed by atoms with Gasteiger partial charge in [-0.15, -0.1) is 0 Å². The Bertz CT molecular complexity index is 133. The van der Waals surface area contributed by atoms with Crippen LogP contribution in [0.25, 0.3) is 0 Å². The number of nitrogens with one attached hydrogen (secondary N) is 1. The van der Waals surface area contributed by atoms with Gasteiger partial charge in [-0.1, -0.05) is 6.92 Å². The molecule has 84 valence electrons. The van der Waals surface area contributed by atoms with E-state index in [1.165, 1.54) is 50.5 Å². The van der Waals surface area contributed by atoms with Crippen LogP contribution in [0.15, 0.2) is 0 Å². The van der Waals surface area contributed by atoms with Crippen LogP contribution >= 0.6 is 11.8 Å². The molecule has 0 bridgehead atoms. The highest BCUT2D eigenvalue weighted by molar-refractivity contribution is 7.99. The summed E-state index contributed by atoms with van der Waals surface area (Å²) < 4.78 is 0. The quantitative estimate of drug-likeness (QED) is 0.680. The maximum absolute atomic E-state index is 3.57. The number of likely N-dealkylation sites (tertiary alicyclic amines) is 1. The van der Waals surface area contributed by atoms with Gasteiger partial charge in [0.1, 0.15) is 0 Å². The Kier molecular flexibility index (Phi) is 6.65. The SMILES string of the molecule is CCSCCNCC1CCN(C)CC1. The zero-order valence-electron chi connectivity index (χ0n) is 9.59. The molecule has 0 amide bonds. The third-order valence-corrected chi connectivity index (χ3v) is 3.80. The predicted octanol–water partition coefficient (Wildman–Crippen LogP) is 1.67. The molecule has 1 fully saturated rings. The van der Waals surface area contributed by atoms with Crippen molar-refractivity contribution in [2.75, 3.05) is 44.7 Å². The molecule has 1 aliphatic heterocycles. The summed E-state index contributed by atoms with van der Waals surface area (Å²) in [5.74, 6) is 3.44. The summed E-state index contributed by atoms with van der Waals surface area (Å²) in [4.78, 5) is 2.43. The van der Waals surface area contributed by atoms with Crippen molar-refractivity contribution < 1.29 is 0 Å². The maximum Gasteiger partial charge on any atom is 0.00580 e. The summed E-state index contributed by atoms with van der Waals surface area (Å²) in [7, 11) is 2.22. The first-order valence-electron chi connectivity index (χ1n) is 5.80. The van der Waals surface area contributed by atoms with E-state index in [9.17, 15) is 0 Å². The number of hydrogen-bond donors (Lipinski definition) is 1. The third-order valence-electron chi connectivity index (χ3n) is 2.90. The largest absolute Gasteiger partial charge is 0.316 e. The van der Waals surface area contributed by atoms with Crippen molar-refractivity contribution in [3.8, 4) is 0 Å². The lowest BCUT2D eigenvalue weighted by Gasteiger charge is -2.29. The molecule has 1 saturated heterocycles. The average Bonchev–Trinajstić information content (AvgIpc) is 2.21. The number of thioether (sulfide) groups is 1. The van der Waals surface area contributed by atoms with E-state index in [1.54, 1.807) is 0 Å². The molecule has 0 aliphatic carbocycles. The van der Waals surface area contributed by atoms with Gasteiger partial charge < -0.3 is 10.2 Å². The van der Waals surface area contributed by atoms with Crippen LogP contribution < -0.4 is 5.32 Å². The first-order chi connectivity index (χ1) is 6.83. The maximum atomic E-state index is 3.57. The van der Waals surface area contributed by atoms with Gasteiger partial charge in [0.15, 0.2) is 0 Å². The minimum absolute atomic E-state index is 0.929. The first-order valence-corrected chi connectivity index (χ1v) is 6.95. The highest BCUT2D eigenvalue weighted by atomic mass is 32.2. The van der Waals surface area contributed by atoms with Crippen LogP contribution in [0.3, 0.4) is 0 Å². The molecule has 0 radical (unpaired) electrons. The van der Waals surface area contributed by atoms with Crippen molar-refractivity contribution in [1.82, 2.24) is 10.2 Å². The van der Waals surface area contributed by atoms with Crippen molar-refractivity contribution in [1.29, 1.82) is 0 Å². The van der Waals surface area contributed by atoms with E-state index in [2.05, 4.69) is 24.2 Å². The van der Waals surface area contributed by atoms with E-state index in [0.29, 0.717) is 0 Å². The van der Waals surface area contributed by atoms with Crippen LogP contribution in [0.5, 0.6) is 0 Å². The topological polar surface area (TPSA) is 15.3 Å². The molecule has 0 aromatic rings. The molecule has 0 atom stereocenters. The summed E-state index contributed by atoms with van der Waals surface area (Å²) in [6, 6.07) is 0. The van der Waals surface area contributed by atoms with Crippen molar-refractivity contribution in [2.45, 2.75) is 19.8 Å². The molecule has 0 spiro atoms. The smallest absolute Gasteiger partial charge is 0.00580 e. The lowest BCUT2D eigenvalue weighted by molar-refractivity contribution is 0.217. The lowest BCUT2D eigenvalue weighted by atomic mass is 9.97. The van der Waals surface area contributed by atoms with Gasteiger partial charge >= 0.3 is 0 Å². The molecule has 1 N–H and O–H groups in total. The van der Waals surface area contributed by atoms with E-state index in [4.69, 9.17) is 0 Å². The molecule has 0 saturated carbocycles. The Balaban J connectivity index is 1.91. The third kappa shape index (κ3) is 5.23. The molecule has 3 heteroatoms. The Hall–Kier alpha value is 0.270. The normalized spacial score (nSPS) is 20.1. The van der Waals surface area contributed by atoms with Gasteiger partial charge in [0.05, 0.1) is 0 Å². The standard InChI is InChI=1S/C11H24N2S/c1-3-14-9-6-12-10-11-4-7-13(2)8-5-11/h11-12H,3-10H2,1-2H3. The number of rotatable bonds is 6. The van der Waals surface area contributed by atoms with Crippen LogP contribution in [-0.2, 0) is 0 Å². The van der Waals surface area contributed by atoms with Crippen LogP contribution in [0, 0.1) is 5.92 Å². The van der Waals surface area contributed by atoms with Crippen molar-refractivity contribution >= 4 is 11.8 Å². The van der Waals surface area contributed by atoms with Gasteiger partial charge in [0.25, 0.3) is 0 Å². The summed E-state index contributed by atoms with van der Waals surface area (Å²) in [5.41, 5.74) is 0. The second-order valence-corrected chi connectivity index (χ2v) is 5.54. The fourth-order valence-electron chi connectivity index (χ4n) is 1.86. The van der Waals surface area contributed by atoms with Crippen LogP contribution in [0.4, 0.5) is 0 Å². The Morgan fingerprint density at radius 3 is 2.71 bits per heavy atom. The molecule has 14 heavy (non-hydrogen) atoms. The van der Waals surface area contributed by atoms with Crippen LogP contribution in [-0.4, -0.2) is 49.6 Å². The molecule has 0 unspecified atom stereocenters.